The Morgan fingerprint density at radius 2 is 2.27 bits per heavy atom. The van der Waals surface area contributed by atoms with Gasteiger partial charge in [0, 0.05) is 43.7 Å². The average molecular weight is 320 g/mol. The number of methoxy groups -OCH3 is 1. The molecule has 0 bridgehead atoms. The zero-order chi connectivity index (χ0) is 15.9. The van der Waals surface area contributed by atoms with Crippen LogP contribution in [-0.2, 0) is 17.9 Å². The van der Waals surface area contributed by atoms with Crippen LogP contribution in [0.15, 0.2) is 23.7 Å². The average Bonchev–Trinajstić information content (AvgIpc) is 2.96. The highest BCUT2D eigenvalue weighted by atomic mass is 32.1. The summed E-state index contributed by atoms with van der Waals surface area (Å²) >= 11 is 1.48. The van der Waals surface area contributed by atoms with Crippen molar-refractivity contribution in [3.8, 4) is 5.88 Å². The van der Waals surface area contributed by atoms with Crippen LogP contribution >= 0.6 is 11.3 Å². The number of hydrogen-bond acceptors (Lipinski definition) is 6. The number of pyridine rings is 1. The molecule has 2 aromatic rings. The van der Waals surface area contributed by atoms with Gasteiger partial charge in [0.15, 0.2) is 5.13 Å². The number of anilines is 1. The van der Waals surface area contributed by atoms with E-state index in [1.807, 2.05) is 24.4 Å². The van der Waals surface area contributed by atoms with Crippen LogP contribution in [0.25, 0.3) is 0 Å². The molecule has 1 N–H and O–H groups in total. The van der Waals surface area contributed by atoms with E-state index >= 15 is 0 Å². The first-order valence-electron chi connectivity index (χ1n) is 7.06. The Labute approximate surface area is 134 Å². The van der Waals surface area contributed by atoms with Crippen molar-refractivity contribution < 1.29 is 9.53 Å². The summed E-state index contributed by atoms with van der Waals surface area (Å²) in [6, 6.07) is 3.85. The van der Waals surface area contributed by atoms with E-state index in [-0.39, 0.29) is 5.91 Å². The molecule has 0 aliphatic carbocycles. The molecular formula is C15H20N4O2S. The molecule has 0 unspecified atom stereocenters. The number of thiazole rings is 1. The fourth-order valence-electron chi connectivity index (χ4n) is 2.06. The zero-order valence-electron chi connectivity index (χ0n) is 13.0. The fraction of sp³-hybridized carbons (Fsp3) is 0.400. The lowest BCUT2D eigenvalue weighted by Crippen LogP contribution is -2.27. The lowest BCUT2D eigenvalue weighted by Gasteiger charge is -2.14. The molecular weight excluding hydrogens is 300 g/mol. The summed E-state index contributed by atoms with van der Waals surface area (Å²) < 4.78 is 5.22. The lowest BCUT2D eigenvalue weighted by molar-refractivity contribution is -0.116. The highest BCUT2D eigenvalue weighted by Crippen LogP contribution is 2.20. The molecule has 2 aromatic heterocycles. The van der Waals surface area contributed by atoms with Crippen molar-refractivity contribution in [1.82, 2.24) is 15.3 Å². The second kappa shape index (κ2) is 7.86. The normalized spacial score (nSPS) is 10.5. The molecule has 2 heterocycles. The van der Waals surface area contributed by atoms with E-state index in [9.17, 15) is 4.79 Å². The Kier molecular flexibility index (Phi) is 5.85. The number of amides is 1. The maximum absolute atomic E-state index is 11.5. The third kappa shape index (κ3) is 4.02. The molecule has 0 atom stereocenters. The second-order valence-corrected chi connectivity index (χ2v) is 5.50. The predicted octanol–water partition coefficient (Wildman–Crippen LogP) is 2.21. The summed E-state index contributed by atoms with van der Waals surface area (Å²) in [5.74, 6) is 0.638. The lowest BCUT2D eigenvalue weighted by atomic mass is 10.2. The van der Waals surface area contributed by atoms with E-state index in [1.54, 1.807) is 25.1 Å². The Balaban J connectivity index is 1.93. The van der Waals surface area contributed by atoms with Crippen LogP contribution in [0.2, 0.25) is 0 Å². The van der Waals surface area contributed by atoms with Gasteiger partial charge < -0.3 is 10.1 Å². The van der Waals surface area contributed by atoms with Gasteiger partial charge in [-0.1, -0.05) is 6.07 Å². The van der Waals surface area contributed by atoms with Crippen LogP contribution in [0, 0.1) is 0 Å². The van der Waals surface area contributed by atoms with Gasteiger partial charge in [0.25, 0.3) is 0 Å². The van der Waals surface area contributed by atoms with Crippen molar-refractivity contribution in [3.05, 3.63) is 35.0 Å². The maximum Gasteiger partial charge on any atom is 0.225 e. The van der Waals surface area contributed by atoms with Gasteiger partial charge in [-0.3, -0.25) is 9.69 Å². The van der Waals surface area contributed by atoms with Crippen molar-refractivity contribution in [2.24, 2.45) is 0 Å². The molecule has 0 saturated heterocycles. The number of carbonyl (C=O) groups excluding carboxylic acids is 1. The Morgan fingerprint density at radius 3 is 2.95 bits per heavy atom. The van der Waals surface area contributed by atoms with Gasteiger partial charge in [-0.25, -0.2) is 9.97 Å². The van der Waals surface area contributed by atoms with Gasteiger partial charge >= 0.3 is 0 Å². The monoisotopic (exact) mass is 320 g/mol. The Bertz CT molecular complexity index is 630. The van der Waals surface area contributed by atoms with Crippen LogP contribution in [-0.4, -0.2) is 29.5 Å². The van der Waals surface area contributed by atoms with E-state index in [1.165, 1.54) is 11.3 Å². The minimum absolute atomic E-state index is 0.0106. The third-order valence-electron chi connectivity index (χ3n) is 3.13. The second-order valence-electron chi connectivity index (χ2n) is 4.66. The number of nitrogens with one attached hydrogen (secondary N) is 1. The smallest absolute Gasteiger partial charge is 0.225 e. The van der Waals surface area contributed by atoms with Crippen molar-refractivity contribution in [2.45, 2.75) is 26.9 Å². The first kappa shape index (κ1) is 16.4. The number of carbonyl (C=O) groups is 1. The summed E-state index contributed by atoms with van der Waals surface area (Å²) in [4.78, 5) is 21.8. The number of rotatable bonds is 7. The summed E-state index contributed by atoms with van der Waals surface area (Å²) in [6.07, 6.45) is 1.70. The number of ether oxygens (including phenoxy) is 1. The molecule has 0 radical (unpaired) electrons. The Morgan fingerprint density at radius 1 is 1.45 bits per heavy atom. The molecule has 7 heteroatoms. The topological polar surface area (TPSA) is 67.4 Å². The van der Waals surface area contributed by atoms with Crippen molar-refractivity contribution in [3.63, 3.8) is 0 Å². The summed E-state index contributed by atoms with van der Waals surface area (Å²) in [6.45, 7) is 5.40. The molecule has 0 aliphatic rings. The minimum Gasteiger partial charge on any atom is -0.481 e. The standard InChI is InChI=1S/C15H20N4O2S/c1-4-19(11(2)20)15-18-13(10-22-15)9-16-8-12-6-5-7-17-14(12)21-3/h5-7,10,16H,4,8-9H2,1-3H3. The van der Waals surface area contributed by atoms with Gasteiger partial charge in [0.05, 0.1) is 12.8 Å². The molecule has 0 spiro atoms. The largest absolute Gasteiger partial charge is 0.481 e. The van der Waals surface area contributed by atoms with E-state index in [0.717, 1.165) is 16.4 Å². The summed E-state index contributed by atoms with van der Waals surface area (Å²) in [5, 5.41) is 6.02. The van der Waals surface area contributed by atoms with Gasteiger partial charge in [-0.2, -0.15) is 0 Å². The third-order valence-corrected chi connectivity index (χ3v) is 4.04. The fourth-order valence-corrected chi connectivity index (χ4v) is 2.99. The van der Waals surface area contributed by atoms with Crippen LogP contribution in [0.1, 0.15) is 25.1 Å². The van der Waals surface area contributed by atoms with Gasteiger partial charge in [0.2, 0.25) is 11.8 Å². The van der Waals surface area contributed by atoms with Crippen LogP contribution in [0.5, 0.6) is 5.88 Å². The van der Waals surface area contributed by atoms with Gasteiger partial charge in [-0.15, -0.1) is 11.3 Å². The highest BCUT2D eigenvalue weighted by Gasteiger charge is 2.13. The van der Waals surface area contributed by atoms with E-state index in [4.69, 9.17) is 4.74 Å². The summed E-state index contributed by atoms with van der Waals surface area (Å²) in [5.41, 5.74) is 1.92. The highest BCUT2D eigenvalue weighted by molar-refractivity contribution is 7.14. The molecule has 118 valence electrons. The van der Waals surface area contributed by atoms with E-state index in [0.29, 0.717) is 25.5 Å². The number of aromatic nitrogens is 2. The minimum atomic E-state index is 0.0106. The number of hydrogen-bond donors (Lipinski definition) is 1. The van der Waals surface area contributed by atoms with Crippen LogP contribution in [0.3, 0.4) is 0 Å². The Hall–Kier alpha value is -1.99. The van der Waals surface area contributed by atoms with Crippen molar-refractivity contribution in [1.29, 1.82) is 0 Å². The molecule has 0 fully saturated rings. The predicted molar refractivity (Wildman–Crippen MR) is 87.1 cm³/mol. The molecule has 0 aromatic carbocycles. The van der Waals surface area contributed by atoms with Crippen molar-refractivity contribution >= 4 is 22.4 Å². The van der Waals surface area contributed by atoms with Gasteiger partial charge in [-0.05, 0) is 13.0 Å². The molecule has 2 rings (SSSR count). The SMILES string of the molecule is CCN(C(C)=O)c1nc(CNCc2cccnc2OC)cs1. The molecule has 1 amide bonds. The van der Waals surface area contributed by atoms with Crippen LogP contribution < -0.4 is 15.0 Å². The molecule has 0 saturated carbocycles. The van der Waals surface area contributed by atoms with Gasteiger partial charge in [0.1, 0.15) is 0 Å². The van der Waals surface area contributed by atoms with Crippen LogP contribution in [0.4, 0.5) is 5.13 Å². The molecule has 6 nitrogen and oxygen atoms in total. The number of nitrogens with zero attached hydrogens (tertiary/aromatic N) is 3. The van der Waals surface area contributed by atoms with E-state index < -0.39 is 0 Å². The van der Waals surface area contributed by atoms with E-state index in [2.05, 4.69) is 15.3 Å². The zero-order valence-corrected chi connectivity index (χ0v) is 13.8. The quantitative estimate of drug-likeness (QED) is 0.847. The molecule has 22 heavy (non-hydrogen) atoms. The maximum atomic E-state index is 11.5. The summed E-state index contributed by atoms with van der Waals surface area (Å²) in [7, 11) is 1.61. The first-order chi connectivity index (χ1) is 10.7. The van der Waals surface area contributed by atoms with Crippen molar-refractivity contribution in [2.75, 3.05) is 18.6 Å². The first-order valence-corrected chi connectivity index (χ1v) is 7.94. The molecule has 0 aliphatic heterocycles.